The lowest BCUT2D eigenvalue weighted by molar-refractivity contribution is -0.118. The molecule has 86 valence electrons. The van der Waals surface area contributed by atoms with Crippen LogP contribution in [0.1, 0.15) is 38.8 Å². The Kier molecular flexibility index (Phi) is 2.43. The summed E-state index contributed by atoms with van der Waals surface area (Å²) in [5.74, 6) is -0.154. The second-order valence-electron chi connectivity index (χ2n) is 5.73. The Bertz CT molecular complexity index is 411. The Morgan fingerprint density at radius 1 is 1.06 bits per heavy atom. The first-order valence-electron chi connectivity index (χ1n) is 5.59. The molecule has 2 rings (SSSR count). The smallest absolute Gasteiger partial charge is 0.226 e. The van der Waals surface area contributed by atoms with Crippen molar-refractivity contribution in [3.8, 4) is 0 Å². The number of hydrogen-bond donors (Lipinski definition) is 0. The highest BCUT2D eigenvalue weighted by molar-refractivity contribution is 6.64. The molecule has 1 aliphatic rings. The topological polar surface area (TPSA) is 17.1 Å². The fourth-order valence-electron chi connectivity index (χ4n) is 3.39. The van der Waals surface area contributed by atoms with Gasteiger partial charge in [0.2, 0.25) is 5.24 Å². The molecule has 0 saturated heterocycles. The Morgan fingerprint density at radius 2 is 1.44 bits per heavy atom. The van der Waals surface area contributed by atoms with E-state index < -0.39 is 0 Å². The fraction of sp³-hybridized carbons (Fsp3) is 0.500. The van der Waals surface area contributed by atoms with E-state index in [0.29, 0.717) is 0 Å². The summed E-state index contributed by atoms with van der Waals surface area (Å²) in [5, 5.41) is -0.230. The van der Waals surface area contributed by atoms with Crippen LogP contribution in [0.3, 0.4) is 0 Å². The van der Waals surface area contributed by atoms with Crippen LogP contribution in [0.5, 0.6) is 0 Å². The van der Waals surface area contributed by atoms with Gasteiger partial charge in [0.15, 0.2) is 0 Å². The van der Waals surface area contributed by atoms with Crippen molar-refractivity contribution >= 4 is 16.8 Å². The van der Waals surface area contributed by atoms with Crippen LogP contribution in [0.4, 0.5) is 0 Å². The molecule has 0 amide bonds. The normalized spacial score (nSPS) is 21.8. The van der Waals surface area contributed by atoms with E-state index >= 15 is 0 Å². The molecule has 0 bridgehead atoms. The minimum Gasteiger partial charge on any atom is -0.281 e. The summed E-state index contributed by atoms with van der Waals surface area (Å²) in [7, 11) is 0. The highest BCUT2D eigenvalue weighted by atomic mass is 35.5. The number of carbonyl (C=O) groups excluding carboxylic acids is 1. The summed E-state index contributed by atoms with van der Waals surface area (Å²) in [6.45, 7) is 8.41. The molecular formula is C14H17ClO. The van der Waals surface area contributed by atoms with Crippen molar-refractivity contribution in [2.75, 3.05) is 0 Å². The Balaban J connectivity index is 2.70. The van der Waals surface area contributed by atoms with E-state index in [1.807, 2.05) is 12.1 Å². The zero-order valence-corrected chi connectivity index (χ0v) is 10.9. The third-order valence-electron chi connectivity index (χ3n) is 3.99. The van der Waals surface area contributed by atoms with E-state index in [0.717, 1.165) is 0 Å². The maximum absolute atomic E-state index is 11.7. The zero-order valence-electron chi connectivity index (χ0n) is 10.2. The van der Waals surface area contributed by atoms with Crippen LogP contribution >= 0.6 is 11.6 Å². The van der Waals surface area contributed by atoms with Gasteiger partial charge in [0.25, 0.3) is 0 Å². The summed E-state index contributed by atoms with van der Waals surface area (Å²) < 4.78 is 0. The largest absolute Gasteiger partial charge is 0.281 e. The maximum Gasteiger partial charge on any atom is 0.226 e. The van der Waals surface area contributed by atoms with Gasteiger partial charge in [-0.05, 0) is 22.7 Å². The van der Waals surface area contributed by atoms with Gasteiger partial charge in [0.1, 0.15) is 0 Å². The van der Waals surface area contributed by atoms with Gasteiger partial charge < -0.3 is 0 Å². The van der Waals surface area contributed by atoms with Gasteiger partial charge >= 0.3 is 0 Å². The van der Waals surface area contributed by atoms with E-state index in [4.69, 9.17) is 11.6 Å². The maximum atomic E-state index is 11.7. The molecule has 0 spiro atoms. The van der Waals surface area contributed by atoms with Gasteiger partial charge in [0, 0.05) is 10.8 Å². The van der Waals surface area contributed by atoms with Crippen LogP contribution in [0, 0.1) is 5.92 Å². The molecule has 1 aromatic rings. The molecule has 1 nitrogen and oxygen atoms in total. The predicted octanol–water partition coefficient (Wildman–Crippen LogP) is 3.64. The number of hydrogen-bond acceptors (Lipinski definition) is 1. The lowest BCUT2D eigenvalue weighted by Crippen LogP contribution is -2.37. The SMILES string of the molecule is CC1(C)c2ccccc2C(C)(C)C1C(=O)Cl. The molecule has 0 aromatic heterocycles. The molecule has 0 fully saturated rings. The van der Waals surface area contributed by atoms with E-state index in [2.05, 4.69) is 39.8 Å². The highest BCUT2D eigenvalue weighted by Gasteiger charge is 2.53. The molecule has 16 heavy (non-hydrogen) atoms. The van der Waals surface area contributed by atoms with E-state index in [9.17, 15) is 4.79 Å². The fourth-order valence-corrected chi connectivity index (χ4v) is 3.93. The molecular weight excluding hydrogens is 220 g/mol. The molecule has 0 unspecified atom stereocenters. The molecule has 0 aliphatic heterocycles. The molecule has 0 radical (unpaired) electrons. The van der Waals surface area contributed by atoms with Crippen LogP contribution < -0.4 is 0 Å². The first-order chi connectivity index (χ1) is 7.29. The number of carbonyl (C=O) groups is 1. The molecule has 1 aliphatic carbocycles. The van der Waals surface area contributed by atoms with Gasteiger partial charge in [-0.1, -0.05) is 52.0 Å². The first kappa shape index (κ1) is 11.7. The van der Waals surface area contributed by atoms with Crippen molar-refractivity contribution < 1.29 is 4.79 Å². The molecule has 0 N–H and O–H groups in total. The summed E-state index contributed by atoms with van der Waals surface area (Å²) in [6.07, 6.45) is 0. The molecule has 0 saturated carbocycles. The predicted molar refractivity (Wildman–Crippen MR) is 66.8 cm³/mol. The van der Waals surface area contributed by atoms with Gasteiger partial charge in [-0.3, -0.25) is 4.79 Å². The lowest BCUT2D eigenvalue weighted by atomic mass is 9.71. The summed E-state index contributed by atoms with van der Waals surface area (Å²) in [6, 6.07) is 8.27. The van der Waals surface area contributed by atoms with Gasteiger partial charge in [-0.2, -0.15) is 0 Å². The van der Waals surface area contributed by atoms with Crippen LogP contribution in [-0.2, 0) is 15.6 Å². The van der Waals surface area contributed by atoms with Crippen LogP contribution in [-0.4, -0.2) is 5.24 Å². The molecule has 2 heteroatoms. The van der Waals surface area contributed by atoms with E-state index in [1.54, 1.807) is 0 Å². The summed E-state index contributed by atoms with van der Waals surface area (Å²) in [4.78, 5) is 11.7. The van der Waals surface area contributed by atoms with Crippen molar-refractivity contribution in [1.82, 2.24) is 0 Å². The standard InChI is InChI=1S/C14H17ClO/c1-13(2)9-7-5-6-8-10(9)14(3,4)11(13)12(15)16/h5-8,11H,1-4H3. The minimum atomic E-state index is -0.230. The van der Waals surface area contributed by atoms with Crippen molar-refractivity contribution in [2.45, 2.75) is 38.5 Å². The number of halogens is 1. The number of fused-ring (bicyclic) bond motifs is 1. The van der Waals surface area contributed by atoms with Crippen molar-refractivity contribution in [2.24, 2.45) is 5.92 Å². The average molecular weight is 237 g/mol. The van der Waals surface area contributed by atoms with Crippen LogP contribution in [0.25, 0.3) is 0 Å². The Morgan fingerprint density at radius 3 is 1.75 bits per heavy atom. The third-order valence-corrected chi connectivity index (χ3v) is 4.20. The monoisotopic (exact) mass is 236 g/mol. The van der Waals surface area contributed by atoms with E-state index in [1.165, 1.54) is 11.1 Å². The minimum absolute atomic E-state index is 0.154. The summed E-state index contributed by atoms with van der Waals surface area (Å²) in [5.41, 5.74) is 2.13. The first-order valence-corrected chi connectivity index (χ1v) is 5.96. The van der Waals surface area contributed by atoms with E-state index in [-0.39, 0.29) is 22.0 Å². The molecule has 1 aromatic carbocycles. The van der Waals surface area contributed by atoms with Gasteiger partial charge in [0.05, 0.1) is 5.92 Å². The zero-order chi connectivity index (χ0) is 12.1. The quantitative estimate of drug-likeness (QED) is 0.681. The second-order valence-corrected chi connectivity index (χ2v) is 6.10. The van der Waals surface area contributed by atoms with Crippen molar-refractivity contribution in [3.05, 3.63) is 35.4 Å². The molecule has 0 heterocycles. The Labute approximate surface area is 102 Å². The highest BCUT2D eigenvalue weighted by Crippen LogP contribution is 2.54. The molecule has 0 atom stereocenters. The van der Waals surface area contributed by atoms with Crippen molar-refractivity contribution in [1.29, 1.82) is 0 Å². The summed E-state index contributed by atoms with van der Waals surface area (Å²) >= 11 is 5.80. The Hall–Kier alpha value is -0.820. The number of rotatable bonds is 1. The van der Waals surface area contributed by atoms with Gasteiger partial charge in [-0.15, -0.1) is 0 Å². The van der Waals surface area contributed by atoms with Crippen LogP contribution in [0.15, 0.2) is 24.3 Å². The second kappa shape index (κ2) is 3.33. The van der Waals surface area contributed by atoms with Crippen LogP contribution in [0.2, 0.25) is 0 Å². The lowest BCUT2D eigenvalue weighted by Gasteiger charge is -2.32. The average Bonchev–Trinajstić information content (AvgIpc) is 2.31. The number of benzene rings is 1. The van der Waals surface area contributed by atoms with Gasteiger partial charge in [-0.25, -0.2) is 0 Å². The third kappa shape index (κ3) is 1.34. The van der Waals surface area contributed by atoms with Crippen molar-refractivity contribution in [3.63, 3.8) is 0 Å².